The second-order valence-electron chi connectivity index (χ2n) is 2.39. The number of phenols is 1. The lowest BCUT2D eigenvalue weighted by molar-refractivity contribution is -0.643. The van der Waals surface area contributed by atoms with Crippen molar-refractivity contribution in [2.24, 2.45) is 0 Å². The minimum atomic E-state index is 0.274. The first-order chi connectivity index (χ1) is 5.24. The van der Waals surface area contributed by atoms with E-state index in [1.807, 2.05) is 18.4 Å². The maximum absolute atomic E-state index is 9.32. The molecule has 0 aliphatic rings. The fourth-order valence-electron chi connectivity index (χ4n) is 0.930. The Morgan fingerprint density at radius 2 is 2.27 bits per heavy atom. The molecule has 1 aromatic carbocycles. The van der Waals surface area contributed by atoms with Crippen LogP contribution in [0.1, 0.15) is 5.56 Å². The van der Waals surface area contributed by atoms with Crippen molar-refractivity contribution in [3.8, 4) is 5.75 Å². The van der Waals surface area contributed by atoms with Crippen LogP contribution in [-0.2, 0) is 6.54 Å². The predicted molar refractivity (Wildman–Crippen MR) is 44.7 cm³/mol. The number of hydrogen-bond donors (Lipinski definition) is 2. The Morgan fingerprint density at radius 3 is 2.82 bits per heavy atom. The molecule has 0 saturated heterocycles. The van der Waals surface area contributed by atoms with Crippen LogP contribution < -0.4 is 5.32 Å². The number of rotatable bonds is 2. The topological polar surface area (TPSA) is 36.8 Å². The fraction of sp³-hybridized carbons (Fsp3) is 0.250. The molecule has 0 heterocycles. The molecular formula is C8H11ClNO+. The summed E-state index contributed by atoms with van der Waals surface area (Å²) in [5.74, 6) is 0.274. The number of benzene rings is 1. The van der Waals surface area contributed by atoms with E-state index in [1.54, 1.807) is 12.1 Å². The highest BCUT2D eigenvalue weighted by molar-refractivity contribution is 6.30. The van der Waals surface area contributed by atoms with E-state index < -0.39 is 0 Å². The molecule has 0 aliphatic heterocycles. The lowest BCUT2D eigenvalue weighted by atomic mass is 10.2. The van der Waals surface area contributed by atoms with Gasteiger partial charge < -0.3 is 10.4 Å². The van der Waals surface area contributed by atoms with Crippen LogP contribution >= 0.6 is 11.6 Å². The summed E-state index contributed by atoms with van der Waals surface area (Å²) in [7, 11) is 1.95. The van der Waals surface area contributed by atoms with E-state index in [2.05, 4.69) is 0 Å². The van der Waals surface area contributed by atoms with Crippen LogP contribution in [0.3, 0.4) is 0 Å². The zero-order valence-corrected chi connectivity index (χ0v) is 7.10. The van der Waals surface area contributed by atoms with Crippen LogP contribution in [0.25, 0.3) is 0 Å². The first kappa shape index (κ1) is 8.37. The zero-order chi connectivity index (χ0) is 8.27. The molecule has 3 N–H and O–H groups in total. The molecule has 0 aromatic heterocycles. The molecule has 0 amide bonds. The first-order valence-electron chi connectivity index (χ1n) is 3.49. The van der Waals surface area contributed by atoms with Gasteiger partial charge in [0.1, 0.15) is 12.3 Å². The standard InChI is InChI=1S/C8H10ClNO/c1-10-5-6-2-3-7(9)4-8(6)11/h2-4,10-11H,5H2,1H3/p+1. The molecule has 0 atom stereocenters. The van der Waals surface area contributed by atoms with Gasteiger partial charge in [0.2, 0.25) is 0 Å². The third-order valence-corrected chi connectivity index (χ3v) is 1.71. The number of aromatic hydroxyl groups is 1. The molecule has 0 saturated carbocycles. The monoisotopic (exact) mass is 172 g/mol. The summed E-state index contributed by atoms with van der Waals surface area (Å²) >= 11 is 5.65. The summed E-state index contributed by atoms with van der Waals surface area (Å²) in [6.07, 6.45) is 0. The van der Waals surface area contributed by atoms with Crippen molar-refractivity contribution in [3.05, 3.63) is 28.8 Å². The molecule has 0 spiro atoms. The van der Waals surface area contributed by atoms with Crippen LogP contribution in [0.2, 0.25) is 5.02 Å². The lowest BCUT2D eigenvalue weighted by Crippen LogP contribution is -2.77. The van der Waals surface area contributed by atoms with Gasteiger partial charge in [-0.15, -0.1) is 0 Å². The van der Waals surface area contributed by atoms with Crippen molar-refractivity contribution in [3.63, 3.8) is 0 Å². The van der Waals surface area contributed by atoms with E-state index in [1.165, 1.54) is 0 Å². The maximum atomic E-state index is 9.32. The number of quaternary nitrogens is 1. The fourth-order valence-corrected chi connectivity index (χ4v) is 1.10. The van der Waals surface area contributed by atoms with Gasteiger partial charge in [-0.2, -0.15) is 0 Å². The average Bonchev–Trinajstić information content (AvgIpc) is 1.95. The smallest absolute Gasteiger partial charge is 0.125 e. The van der Waals surface area contributed by atoms with Crippen LogP contribution in [0.5, 0.6) is 5.75 Å². The van der Waals surface area contributed by atoms with Gasteiger partial charge in [0.05, 0.1) is 7.05 Å². The summed E-state index contributed by atoms with van der Waals surface area (Å²) in [6, 6.07) is 5.16. The molecule has 1 rings (SSSR count). The van der Waals surface area contributed by atoms with E-state index in [-0.39, 0.29) is 5.75 Å². The zero-order valence-electron chi connectivity index (χ0n) is 6.34. The van der Waals surface area contributed by atoms with E-state index >= 15 is 0 Å². The van der Waals surface area contributed by atoms with E-state index in [4.69, 9.17) is 11.6 Å². The lowest BCUT2D eigenvalue weighted by Gasteiger charge is -2.00. The summed E-state index contributed by atoms with van der Waals surface area (Å²) in [5, 5.41) is 11.9. The van der Waals surface area contributed by atoms with Gasteiger partial charge in [-0.05, 0) is 18.2 Å². The van der Waals surface area contributed by atoms with Crippen molar-refractivity contribution >= 4 is 11.6 Å². The van der Waals surface area contributed by atoms with Crippen LogP contribution in [0.15, 0.2) is 18.2 Å². The van der Waals surface area contributed by atoms with Crippen molar-refractivity contribution < 1.29 is 10.4 Å². The van der Waals surface area contributed by atoms with Gasteiger partial charge in [0.25, 0.3) is 0 Å². The number of phenolic OH excluding ortho intramolecular Hbond substituents is 1. The molecule has 0 unspecified atom stereocenters. The molecule has 60 valence electrons. The highest BCUT2D eigenvalue weighted by Gasteiger charge is 2.00. The highest BCUT2D eigenvalue weighted by atomic mass is 35.5. The SMILES string of the molecule is C[NH2+]Cc1ccc(Cl)cc1O. The van der Waals surface area contributed by atoms with Crippen molar-refractivity contribution in [1.82, 2.24) is 0 Å². The predicted octanol–water partition coefficient (Wildman–Crippen LogP) is 0.739. The Morgan fingerprint density at radius 1 is 1.55 bits per heavy atom. The third kappa shape index (κ3) is 2.10. The number of hydrogen-bond acceptors (Lipinski definition) is 1. The number of halogens is 1. The van der Waals surface area contributed by atoms with Gasteiger partial charge in [0.15, 0.2) is 0 Å². The second-order valence-corrected chi connectivity index (χ2v) is 2.82. The van der Waals surface area contributed by atoms with Gasteiger partial charge in [-0.25, -0.2) is 0 Å². The number of nitrogens with two attached hydrogens (primary N) is 1. The molecule has 0 aliphatic carbocycles. The summed E-state index contributed by atoms with van der Waals surface area (Å²) < 4.78 is 0. The van der Waals surface area contributed by atoms with Crippen molar-refractivity contribution in [1.29, 1.82) is 0 Å². The largest absolute Gasteiger partial charge is 0.507 e. The molecule has 1 aromatic rings. The van der Waals surface area contributed by atoms with Crippen molar-refractivity contribution in [2.45, 2.75) is 6.54 Å². The van der Waals surface area contributed by atoms with Crippen LogP contribution in [0, 0.1) is 0 Å². The molecule has 2 nitrogen and oxygen atoms in total. The summed E-state index contributed by atoms with van der Waals surface area (Å²) in [4.78, 5) is 0. The normalized spacial score (nSPS) is 10.0. The minimum Gasteiger partial charge on any atom is -0.507 e. The quantitative estimate of drug-likeness (QED) is 0.679. The molecule has 0 radical (unpaired) electrons. The molecular weight excluding hydrogens is 162 g/mol. The summed E-state index contributed by atoms with van der Waals surface area (Å²) in [6.45, 7) is 0.781. The first-order valence-corrected chi connectivity index (χ1v) is 3.87. The Hall–Kier alpha value is -0.730. The third-order valence-electron chi connectivity index (χ3n) is 1.47. The Labute approximate surface area is 70.8 Å². The van der Waals surface area contributed by atoms with Gasteiger partial charge in [-0.1, -0.05) is 11.6 Å². The maximum Gasteiger partial charge on any atom is 0.125 e. The van der Waals surface area contributed by atoms with E-state index in [0.717, 1.165) is 12.1 Å². The highest BCUT2D eigenvalue weighted by Crippen LogP contribution is 2.20. The van der Waals surface area contributed by atoms with E-state index in [0.29, 0.717) is 5.02 Å². The second kappa shape index (κ2) is 3.60. The van der Waals surface area contributed by atoms with E-state index in [9.17, 15) is 5.11 Å². The van der Waals surface area contributed by atoms with Gasteiger partial charge in [0, 0.05) is 10.6 Å². The van der Waals surface area contributed by atoms with Crippen molar-refractivity contribution in [2.75, 3.05) is 7.05 Å². The Bertz CT molecular complexity index is 250. The van der Waals surface area contributed by atoms with Crippen LogP contribution in [0.4, 0.5) is 0 Å². The van der Waals surface area contributed by atoms with Crippen LogP contribution in [-0.4, -0.2) is 12.2 Å². The summed E-state index contributed by atoms with van der Waals surface area (Å²) in [5.41, 5.74) is 0.914. The van der Waals surface area contributed by atoms with Gasteiger partial charge in [-0.3, -0.25) is 0 Å². The minimum absolute atomic E-state index is 0.274. The Kier molecular flexibility index (Phi) is 2.74. The molecule has 3 heteroatoms. The Balaban J connectivity index is 2.90. The molecule has 11 heavy (non-hydrogen) atoms. The molecule has 0 fully saturated rings. The van der Waals surface area contributed by atoms with Gasteiger partial charge >= 0.3 is 0 Å². The average molecular weight is 173 g/mol. The molecule has 0 bridgehead atoms.